The van der Waals surface area contributed by atoms with Crippen molar-refractivity contribution in [2.75, 3.05) is 33.9 Å². The molecule has 2 rings (SSSR count). The number of amides is 1. The fraction of sp³-hybridized carbons (Fsp3) is 0.889. The van der Waals surface area contributed by atoms with Crippen molar-refractivity contribution >= 4 is 5.91 Å². The average molecular weight is 184 g/mol. The molecule has 2 heterocycles. The Labute approximate surface area is 78.4 Å². The second kappa shape index (κ2) is 2.96. The highest BCUT2D eigenvalue weighted by Crippen LogP contribution is 2.31. The molecule has 0 radical (unpaired) electrons. The maximum Gasteiger partial charge on any atom is 0.256 e. The maximum absolute atomic E-state index is 11.8. The normalized spacial score (nSPS) is 28.8. The first-order valence-corrected chi connectivity index (χ1v) is 4.72. The maximum atomic E-state index is 11.8. The second-order valence-corrected chi connectivity index (χ2v) is 4.07. The minimum absolute atomic E-state index is 0.167. The molecule has 0 unspecified atom stereocenters. The summed E-state index contributed by atoms with van der Waals surface area (Å²) in [5.41, 5.74) is -0.471. The first-order chi connectivity index (χ1) is 6.14. The highest BCUT2D eigenvalue weighted by atomic mass is 16.5. The molecule has 2 saturated heterocycles. The number of carbonyl (C=O) groups excluding carboxylic acids is 1. The largest absolute Gasteiger partial charge is 0.345 e. The molecular weight excluding hydrogens is 168 g/mol. The van der Waals surface area contributed by atoms with Gasteiger partial charge in [-0.25, -0.2) is 0 Å². The van der Waals surface area contributed by atoms with Crippen LogP contribution in [0.3, 0.4) is 0 Å². The van der Waals surface area contributed by atoms with Gasteiger partial charge in [-0.2, -0.15) is 0 Å². The van der Waals surface area contributed by atoms with Crippen LogP contribution in [-0.2, 0) is 9.53 Å². The van der Waals surface area contributed by atoms with Crippen LogP contribution in [0.5, 0.6) is 0 Å². The Morgan fingerprint density at radius 3 is 2.38 bits per heavy atom. The molecule has 0 aromatic rings. The van der Waals surface area contributed by atoms with Crippen LogP contribution < -0.4 is 0 Å². The summed E-state index contributed by atoms with van der Waals surface area (Å²) in [4.78, 5) is 15.7. The lowest BCUT2D eigenvalue weighted by molar-refractivity contribution is -0.140. The molecule has 1 spiro atoms. The summed E-state index contributed by atoms with van der Waals surface area (Å²) in [6.45, 7) is 2.38. The van der Waals surface area contributed by atoms with E-state index in [0.717, 1.165) is 25.9 Å². The van der Waals surface area contributed by atoms with Gasteiger partial charge in [-0.3, -0.25) is 4.79 Å². The Balaban J connectivity index is 2.09. The van der Waals surface area contributed by atoms with E-state index in [2.05, 4.69) is 11.9 Å². The fourth-order valence-corrected chi connectivity index (χ4v) is 2.03. The lowest BCUT2D eigenvalue weighted by Crippen LogP contribution is -2.48. The zero-order valence-corrected chi connectivity index (χ0v) is 8.25. The van der Waals surface area contributed by atoms with Crippen molar-refractivity contribution in [1.29, 1.82) is 0 Å². The lowest BCUT2D eigenvalue weighted by Gasteiger charge is -2.34. The van der Waals surface area contributed by atoms with E-state index in [-0.39, 0.29) is 5.91 Å². The number of carbonyl (C=O) groups is 1. The van der Waals surface area contributed by atoms with Gasteiger partial charge in [0.25, 0.3) is 5.91 Å². The van der Waals surface area contributed by atoms with Crippen LogP contribution in [0, 0.1) is 0 Å². The molecule has 4 heteroatoms. The molecule has 74 valence electrons. The van der Waals surface area contributed by atoms with Crippen LogP contribution in [0.2, 0.25) is 0 Å². The predicted octanol–water partition coefficient (Wildman–Crippen LogP) is -0.103. The van der Waals surface area contributed by atoms with Gasteiger partial charge < -0.3 is 14.5 Å². The van der Waals surface area contributed by atoms with Gasteiger partial charge in [0.2, 0.25) is 0 Å². The summed E-state index contributed by atoms with van der Waals surface area (Å²) in [6.07, 6.45) is 1.68. The van der Waals surface area contributed by atoms with Crippen LogP contribution >= 0.6 is 0 Å². The minimum atomic E-state index is -0.471. The summed E-state index contributed by atoms with van der Waals surface area (Å²) >= 11 is 0. The van der Waals surface area contributed by atoms with Gasteiger partial charge in [0.05, 0.1) is 0 Å². The smallest absolute Gasteiger partial charge is 0.256 e. The van der Waals surface area contributed by atoms with Crippen molar-refractivity contribution in [3.63, 3.8) is 0 Å². The highest BCUT2D eigenvalue weighted by Gasteiger charge is 2.47. The number of hydrogen-bond donors (Lipinski definition) is 0. The van der Waals surface area contributed by atoms with Crippen molar-refractivity contribution in [2.45, 2.75) is 18.4 Å². The number of ether oxygens (including phenoxy) is 1. The van der Waals surface area contributed by atoms with Crippen LogP contribution in [0.4, 0.5) is 0 Å². The zero-order chi connectivity index (χ0) is 9.47. The molecule has 0 saturated carbocycles. The van der Waals surface area contributed by atoms with Gasteiger partial charge in [-0.05, 0) is 19.9 Å². The molecule has 2 aliphatic heterocycles. The molecule has 0 aromatic heterocycles. The summed E-state index contributed by atoms with van der Waals surface area (Å²) in [6, 6.07) is 0. The van der Waals surface area contributed by atoms with Crippen molar-refractivity contribution < 1.29 is 9.53 Å². The number of rotatable bonds is 0. The topological polar surface area (TPSA) is 32.8 Å². The van der Waals surface area contributed by atoms with Crippen molar-refractivity contribution in [2.24, 2.45) is 0 Å². The molecule has 0 N–H and O–H groups in total. The van der Waals surface area contributed by atoms with Crippen LogP contribution in [0.15, 0.2) is 0 Å². The SMILES string of the molecule is CN1CCC2(CC1)OCN(C)C2=O. The quantitative estimate of drug-likeness (QED) is 0.527. The molecule has 0 aromatic carbocycles. The number of hydrogen-bond acceptors (Lipinski definition) is 3. The fourth-order valence-electron chi connectivity index (χ4n) is 2.03. The van der Waals surface area contributed by atoms with Gasteiger partial charge in [-0.15, -0.1) is 0 Å². The van der Waals surface area contributed by atoms with Gasteiger partial charge in [0.15, 0.2) is 5.60 Å². The van der Waals surface area contributed by atoms with E-state index in [9.17, 15) is 4.79 Å². The molecule has 2 fully saturated rings. The van der Waals surface area contributed by atoms with E-state index in [1.54, 1.807) is 11.9 Å². The van der Waals surface area contributed by atoms with E-state index in [1.165, 1.54) is 0 Å². The highest BCUT2D eigenvalue weighted by molar-refractivity contribution is 5.86. The Morgan fingerprint density at radius 1 is 1.31 bits per heavy atom. The van der Waals surface area contributed by atoms with Crippen LogP contribution in [-0.4, -0.2) is 55.2 Å². The van der Waals surface area contributed by atoms with Crippen LogP contribution in [0.25, 0.3) is 0 Å². The monoisotopic (exact) mass is 184 g/mol. The lowest BCUT2D eigenvalue weighted by atomic mass is 9.91. The van der Waals surface area contributed by atoms with E-state index in [0.29, 0.717) is 6.73 Å². The summed E-state index contributed by atoms with van der Waals surface area (Å²) in [5, 5.41) is 0. The Bertz CT molecular complexity index is 222. The Kier molecular flexibility index (Phi) is 2.04. The summed E-state index contributed by atoms with van der Waals surface area (Å²) in [5.74, 6) is 0.167. The van der Waals surface area contributed by atoms with Crippen LogP contribution in [0.1, 0.15) is 12.8 Å². The van der Waals surface area contributed by atoms with Crippen molar-refractivity contribution in [3.05, 3.63) is 0 Å². The Hall–Kier alpha value is -0.610. The standard InChI is InChI=1S/C9H16N2O2/c1-10-5-3-9(4-6-10)8(12)11(2)7-13-9/h3-7H2,1-2H3. The van der Waals surface area contributed by atoms with Crippen molar-refractivity contribution in [3.8, 4) is 0 Å². The van der Waals surface area contributed by atoms with Crippen molar-refractivity contribution in [1.82, 2.24) is 9.80 Å². The number of piperidine rings is 1. The average Bonchev–Trinajstić information content (AvgIpc) is 2.40. The molecule has 1 amide bonds. The molecule has 4 nitrogen and oxygen atoms in total. The third-order valence-electron chi connectivity index (χ3n) is 3.07. The summed E-state index contributed by atoms with van der Waals surface area (Å²) in [7, 11) is 3.88. The number of nitrogens with zero attached hydrogens (tertiary/aromatic N) is 2. The van der Waals surface area contributed by atoms with E-state index >= 15 is 0 Å². The van der Waals surface area contributed by atoms with Gasteiger partial charge in [-0.1, -0.05) is 0 Å². The molecule has 0 aliphatic carbocycles. The number of likely N-dealkylation sites (N-methyl/N-ethyl adjacent to an activating group) is 1. The van der Waals surface area contributed by atoms with E-state index in [1.807, 2.05) is 0 Å². The summed E-state index contributed by atoms with van der Waals surface area (Å²) < 4.78 is 5.60. The first kappa shape index (κ1) is 8.97. The van der Waals surface area contributed by atoms with Gasteiger partial charge in [0, 0.05) is 20.1 Å². The molecule has 0 atom stereocenters. The third-order valence-corrected chi connectivity index (χ3v) is 3.07. The predicted molar refractivity (Wildman–Crippen MR) is 48.2 cm³/mol. The molecule has 0 bridgehead atoms. The Morgan fingerprint density at radius 2 is 1.92 bits per heavy atom. The molecule has 13 heavy (non-hydrogen) atoms. The van der Waals surface area contributed by atoms with E-state index < -0.39 is 5.60 Å². The second-order valence-electron chi connectivity index (χ2n) is 4.07. The molecular formula is C9H16N2O2. The third kappa shape index (κ3) is 1.34. The zero-order valence-electron chi connectivity index (χ0n) is 8.25. The number of likely N-dealkylation sites (tertiary alicyclic amines) is 1. The first-order valence-electron chi connectivity index (χ1n) is 4.72. The van der Waals surface area contributed by atoms with E-state index in [4.69, 9.17) is 4.74 Å². The minimum Gasteiger partial charge on any atom is -0.345 e. The van der Waals surface area contributed by atoms with Gasteiger partial charge in [0.1, 0.15) is 6.73 Å². The molecule has 2 aliphatic rings. The van der Waals surface area contributed by atoms with Gasteiger partial charge >= 0.3 is 0 Å².